The van der Waals surface area contributed by atoms with Gasteiger partial charge < -0.3 is 10.5 Å². The van der Waals surface area contributed by atoms with Gasteiger partial charge in [0.25, 0.3) is 0 Å². The molecule has 0 unspecified atom stereocenters. The summed E-state index contributed by atoms with van der Waals surface area (Å²) in [5.74, 6) is 0.281. The number of nitrogen functional groups attached to an aromatic ring is 1. The van der Waals surface area contributed by atoms with Crippen LogP contribution in [0.1, 0.15) is 13.8 Å². The monoisotopic (exact) mass is 336 g/mol. The Morgan fingerprint density at radius 3 is 2.33 bits per heavy atom. The van der Waals surface area contributed by atoms with Gasteiger partial charge >= 0.3 is 0 Å². The summed E-state index contributed by atoms with van der Waals surface area (Å²) in [7, 11) is -2.15. The van der Waals surface area contributed by atoms with E-state index in [2.05, 4.69) is 15.9 Å². The maximum Gasteiger partial charge on any atom is 0.246 e. The highest BCUT2D eigenvalue weighted by Crippen LogP contribution is 2.33. The summed E-state index contributed by atoms with van der Waals surface area (Å²) in [6.45, 7) is 4.38. The van der Waals surface area contributed by atoms with Crippen molar-refractivity contribution in [3.63, 3.8) is 0 Å². The van der Waals surface area contributed by atoms with Crippen LogP contribution < -0.4 is 10.5 Å². The summed E-state index contributed by atoms with van der Waals surface area (Å²) in [4.78, 5) is 0.0920. The topological polar surface area (TPSA) is 72.6 Å². The number of halogens is 1. The number of hydrogen-bond acceptors (Lipinski definition) is 4. The molecule has 0 saturated carbocycles. The van der Waals surface area contributed by atoms with E-state index in [1.165, 1.54) is 17.5 Å². The Morgan fingerprint density at radius 2 is 1.89 bits per heavy atom. The molecule has 0 amide bonds. The third-order valence-electron chi connectivity index (χ3n) is 2.61. The van der Waals surface area contributed by atoms with Crippen LogP contribution in [-0.2, 0) is 10.0 Å². The third-order valence-corrected chi connectivity index (χ3v) is 5.36. The van der Waals surface area contributed by atoms with Crippen molar-refractivity contribution in [3.8, 4) is 5.75 Å². The fourth-order valence-corrected chi connectivity index (χ4v) is 3.57. The molecular formula is C11H17BrN2O3S. The van der Waals surface area contributed by atoms with E-state index in [0.717, 1.165) is 0 Å². The van der Waals surface area contributed by atoms with Crippen molar-refractivity contribution in [2.24, 2.45) is 0 Å². The van der Waals surface area contributed by atoms with Gasteiger partial charge in [0.15, 0.2) is 0 Å². The van der Waals surface area contributed by atoms with Crippen LogP contribution in [0.25, 0.3) is 0 Å². The van der Waals surface area contributed by atoms with Gasteiger partial charge in [-0.25, -0.2) is 8.42 Å². The van der Waals surface area contributed by atoms with Crippen LogP contribution in [0.2, 0.25) is 0 Å². The molecule has 1 aromatic carbocycles. The summed E-state index contributed by atoms with van der Waals surface area (Å²) < 4.78 is 31.9. The molecule has 0 aliphatic heterocycles. The van der Waals surface area contributed by atoms with Gasteiger partial charge in [-0.05, 0) is 28.1 Å². The third kappa shape index (κ3) is 2.78. The van der Waals surface area contributed by atoms with Crippen molar-refractivity contribution < 1.29 is 13.2 Å². The molecule has 1 rings (SSSR count). The summed E-state index contributed by atoms with van der Waals surface area (Å²) in [6, 6.07) is 2.97. The fraction of sp³-hybridized carbons (Fsp3) is 0.455. The van der Waals surface area contributed by atoms with E-state index in [0.29, 0.717) is 23.2 Å². The number of benzene rings is 1. The molecule has 0 saturated heterocycles. The van der Waals surface area contributed by atoms with Crippen molar-refractivity contribution in [2.75, 3.05) is 25.9 Å². The number of rotatable bonds is 5. The van der Waals surface area contributed by atoms with E-state index in [-0.39, 0.29) is 10.6 Å². The lowest BCUT2D eigenvalue weighted by Crippen LogP contribution is -2.31. The van der Waals surface area contributed by atoms with Gasteiger partial charge in [0.05, 0.1) is 7.11 Å². The number of methoxy groups -OCH3 is 1. The van der Waals surface area contributed by atoms with Gasteiger partial charge in [-0.1, -0.05) is 13.8 Å². The SMILES string of the molecule is CCN(CC)S(=O)(=O)c1cc(N)c(Br)cc1OC. The highest BCUT2D eigenvalue weighted by atomic mass is 79.9. The lowest BCUT2D eigenvalue weighted by molar-refractivity contribution is 0.395. The number of ether oxygens (including phenoxy) is 1. The highest BCUT2D eigenvalue weighted by Gasteiger charge is 2.26. The van der Waals surface area contributed by atoms with Gasteiger partial charge in [-0.15, -0.1) is 0 Å². The molecule has 1 aromatic rings. The smallest absolute Gasteiger partial charge is 0.246 e. The van der Waals surface area contributed by atoms with E-state index in [9.17, 15) is 8.42 Å². The van der Waals surface area contributed by atoms with Crippen LogP contribution in [-0.4, -0.2) is 32.9 Å². The molecule has 0 radical (unpaired) electrons. The number of anilines is 1. The molecule has 0 fully saturated rings. The van der Waals surface area contributed by atoms with Crippen molar-refractivity contribution >= 4 is 31.6 Å². The Balaban J connectivity index is 3.44. The predicted molar refractivity (Wildman–Crippen MR) is 75.2 cm³/mol. The zero-order valence-electron chi connectivity index (χ0n) is 10.6. The quantitative estimate of drug-likeness (QED) is 0.835. The van der Waals surface area contributed by atoms with Gasteiger partial charge in [0, 0.05) is 23.2 Å². The predicted octanol–water partition coefficient (Wildman–Crippen LogP) is 2.07. The maximum absolute atomic E-state index is 12.4. The lowest BCUT2D eigenvalue weighted by Gasteiger charge is -2.20. The molecule has 0 bridgehead atoms. The van der Waals surface area contributed by atoms with Crippen molar-refractivity contribution in [1.29, 1.82) is 0 Å². The average Bonchev–Trinajstić information content (AvgIpc) is 2.33. The maximum atomic E-state index is 12.4. The lowest BCUT2D eigenvalue weighted by atomic mass is 10.3. The Labute approximate surface area is 116 Å². The van der Waals surface area contributed by atoms with E-state index in [1.54, 1.807) is 19.9 Å². The minimum atomic E-state index is -3.58. The van der Waals surface area contributed by atoms with Crippen molar-refractivity contribution in [2.45, 2.75) is 18.7 Å². The molecule has 2 N–H and O–H groups in total. The van der Waals surface area contributed by atoms with E-state index in [1.807, 2.05) is 0 Å². The first kappa shape index (κ1) is 15.3. The van der Waals surface area contributed by atoms with Gasteiger partial charge in [0.2, 0.25) is 10.0 Å². The molecule has 18 heavy (non-hydrogen) atoms. The first-order valence-electron chi connectivity index (χ1n) is 5.51. The van der Waals surface area contributed by atoms with E-state index in [4.69, 9.17) is 10.5 Å². The first-order chi connectivity index (χ1) is 8.38. The number of nitrogens with two attached hydrogens (primary N) is 1. The summed E-state index contributed by atoms with van der Waals surface area (Å²) in [5, 5.41) is 0. The summed E-state index contributed by atoms with van der Waals surface area (Å²) in [5.41, 5.74) is 6.10. The Hall–Kier alpha value is -0.790. The molecule has 0 atom stereocenters. The normalized spacial score (nSPS) is 11.8. The van der Waals surface area contributed by atoms with E-state index < -0.39 is 10.0 Å². The molecule has 7 heteroatoms. The van der Waals surface area contributed by atoms with E-state index >= 15 is 0 Å². The second-order valence-electron chi connectivity index (χ2n) is 3.61. The Morgan fingerprint density at radius 1 is 1.33 bits per heavy atom. The van der Waals surface area contributed by atoms with Crippen molar-refractivity contribution in [1.82, 2.24) is 4.31 Å². The first-order valence-corrected chi connectivity index (χ1v) is 7.74. The molecule has 0 spiro atoms. The highest BCUT2D eigenvalue weighted by molar-refractivity contribution is 9.10. The molecule has 5 nitrogen and oxygen atoms in total. The van der Waals surface area contributed by atoms with Crippen LogP contribution in [0.4, 0.5) is 5.69 Å². The second-order valence-corrected chi connectivity index (χ2v) is 6.37. The number of sulfonamides is 1. The molecule has 0 aliphatic rings. The summed E-state index contributed by atoms with van der Waals surface area (Å²) >= 11 is 3.25. The number of hydrogen-bond donors (Lipinski definition) is 1. The standard InChI is InChI=1S/C11H17BrN2O3S/c1-4-14(5-2)18(15,16)11-7-9(13)8(12)6-10(11)17-3/h6-7H,4-5,13H2,1-3H3. The molecule has 0 aromatic heterocycles. The van der Waals surface area contributed by atoms with Gasteiger partial charge in [0.1, 0.15) is 10.6 Å². The summed E-state index contributed by atoms with van der Waals surface area (Å²) in [6.07, 6.45) is 0. The van der Waals surface area contributed by atoms with Crippen LogP contribution in [0.5, 0.6) is 5.75 Å². The van der Waals surface area contributed by atoms with Gasteiger partial charge in [-0.3, -0.25) is 0 Å². The minimum absolute atomic E-state index is 0.0920. The van der Waals surface area contributed by atoms with Crippen LogP contribution in [0.3, 0.4) is 0 Å². The largest absolute Gasteiger partial charge is 0.495 e. The molecule has 102 valence electrons. The molecular weight excluding hydrogens is 320 g/mol. The van der Waals surface area contributed by atoms with Crippen LogP contribution in [0, 0.1) is 0 Å². The Bertz CT molecular complexity index is 527. The van der Waals surface area contributed by atoms with Crippen molar-refractivity contribution in [3.05, 3.63) is 16.6 Å². The van der Waals surface area contributed by atoms with Crippen LogP contribution >= 0.6 is 15.9 Å². The fourth-order valence-electron chi connectivity index (χ4n) is 1.61. The zero-order valence-corrected chi connectivity index (χ0v) is 13.0. The number of nitrogens with zero attached hydrogens (tertiary/aromatic N) is 1. The average molecular weight is 337 g/mol. The molecule has 0 heterocycles. The second kappa shape index (κ2) is 5.90. The minimum Gasteiger partial charge on any atom is -0.495 e. The molecule has 0 aliphatic carbocycles. The Kier molecular flexibility index (Phi) is 5.01. The van der Waals surface area contributed by atoms with Gasteiger partial charge in [-0.2, -0.15) is 4.31 Å². The zero-order chi connectivity index (χ0) is 13.9. The van der Waals surface area contributed by atoms with Crippen LogP contribution in [0.15, 0.2) is 21.5 Å².